The number of hydrogen-bond donors (Lipinski definition) is 1. The molecule has 1 aliphatic carbocycles. The number of rotatable bonds is 1. The van der Waals surface area contributed by atoms with Crippen LogP contribution in [-0.2, 0) is 4.79 Å². The van der Waals surface area contributed by atoms with Gasteiger partial charge in [-0.1, -0.05) is 6.08 Å². The van der Waals surface area contributed by atoms with Gasteiger partial charge in [-0.2, -0.15) is 0 Å². The van der Waals surface area contributed by atoms with Crippen LogP contribution in [0.2, 0.25) is 0 Å². The average Bonchev–Trinajstić information content (AvgIpc) is 2.16. The lowest BCUT2D eigenvalue weighted by molar-refractivity contribution is -0.420. The Kier molecular flexibility index (Phi) is 1.88. The third kappa shape index (κ3) is 1.30. The first-order valence-corrected chi connectivity index (χ1v) is 4.08. The van der Waals surface area contributed by atoms with Gasteiger partial charge in [-0.25, -0.2) is 0 Å². The van der Waals surface area contributed by atoms with Crippen molar-refractivity contribution < 1.29 is 9.72 Å². The molecule has 0 saturated carbocycles. The summed E-state index contributed by atoms with van der Waals surface area (Å²) in [5.41, 5.74) is 0.219. The summed E-state index contributed by atoms with van der Waals surface area (Å²) in [4.78, 5) is 25.0. The number of carbonyl (C=O) groups is 1. The number of nitrogens with zero attached hydrogens (tertiary/aromatic N) is 2. The minimum absolute atomic E-state index is 0.0774. The van der Waals surface area contributed by atoms with E-state index in [2.05, 4.69) is 10.3 Å². The third-order valence-corrected chi connectivity index (χ3v) is 2.07. The van der Waals surface area contributed by atoms with E-state index < -0.39 is 10.8 Å². The minimum Gasteiger partial charge on any atom is -0.317 e. The maximum absolute atomic E-state index is 10.9. The fourth-order valence-electron chi connectivity index (χ4n) is 1.45. The summed E-state index contributed by atoms with van der Waals surface area (Å²) in [5, 5.41) is 13.1. The van der Waals surface area contributed by atoms with Gasteiger partial charge >= 0.3 is 0 Å². The normalized spacial score (nSPS) is 24.6. The summed E-state index contributed by atoms with van der Waals surface area (Å²) in [5.74, 6) is -0.411. The van der Waals surface area contributed by atoms with Gasteiger partial charge in [-0.15, -0.1) is 0 Å². The van der Waals surface area contributed by atoms with Crippen molar-refractivity contribution in [3.63, 3.8) is 0 Å². The van der Waals surface area contributed by atoms with Crippen molar-refractivity contribution in [1.29, 1.82) is 0 Å². The largest absolute Gasteiger partial charge is 0.317 e. The zero-order valence-electron chi connectivity index (χ0n) is 7.14. The van der Waals surface area contributed by atoms with Crippen LogP contribution >= 0.6 is 0 Å². The minimum atomic E-state index is -0.515. The Morgan fingerprint density at radius 3 is 3.14 bits per heavy atom. The Labute approximate surface area is 79.2 Å². The van der Waals surface area contributed by atoms with Gasteiger partial charge in [0.2, 0.25) is 0 Å². The molecule has 0 saturated heterocycles. The summed E-state index contributed by atoms with van der Waals surface area (Å²) in [6.45, 7) is 0. The van der Waals surface area contributed by atoms with Gasteiger partial charge in [0.05, 0.1) is 11.1 Å². The van der Waals surface area contributed by atoms with Crippen LogP contribution in [0.5, 0.6) is 0 Å². The fourth-order valence-corrected chi connectivity index (χ4v) is 1.45. The molecular weight excluding hydrogens is 186 g/mol. The lowest BCUT2D eigenvalue weighted by Gasteiger charge is -2.20. The zero-order chi connectivity index (χ0) is 10.1. The van der Waals surface area contributed by atoms with Crippen LogP contribution in [0.15, 0.2) is 28.5 Å². The summed E-state index contributed by atoms with van der Waals surface area (Å²) >= 11 is 0. The van der Waals surface area contributed by atoms with E-state index in [0.717, 1.165) is 6.21 Å². The molecule has 0 aromatic carbocycles. The summed E-state index contributed by atoms with van der Waals surface area (Å²) < 4.78 is 0. The zero-order valence-corrected chi connectivity index (χ0v) is 7.14. The standard InChI is InChI=1S/C8H7N3O3/c12-7-4-9-5-2-1-3-6(11(13)14)8(5)10-7/h1,3-5H,2H2,(H,10,12). The van der Waals surface area contributed by atoms with Crippen molar-refractivity contribution in [2.24, 2.45) is 4.99 Å². The van der Waals surface area contributed by atoms with Gasteiger partial charge in [0.1, 0.15) is 11.7 Å². The van der Waals surface area contributed by atoms with Crippen molar-refractivity contribution in [2.45, 2.75) is 12.5 Å². The summed E-state index contributed by atoms with van der Waals surface area (Å²) in [6, 6.07) is -0.307. The van der Waals surface area contributed by atoms with E-state index in [-0.39, 0.29) is 11.7 Å². The molecule has 72 valence electrons. The maximum Gasteiger partial charge on any atom is 0.290 e. The molecule has 0 aromatic heterocycles. The van der Waals surface area contributed by atoms with E-state index in [9.17, 15) is 14.9 Å². The average molecular weight is 193 g/mol. The van der Waals surface area contributed by atoms with Gasteiger partial charge in [-0.3, -0.25) is 19.9 Å². The SMILES string of the molecule is O=C1C=NC2CC=CC([N+](=O)[O-])=C2N1. The maximum atomic E-state index is 10.9. The molecule has 6 heteroatoms. The topological polar surface area (TPSA) is 84.6 Å². The Morgan fingerprint density at radius 1 is 1.64 bits per heavy atom. The van der Waals surface area contributed by atoms with E-state index in [1.165, 1.54) is 6.08 Å². The Hall–Kier alpha value is -1.98. The van der Waals surface area contributed by atoms with Crippen LogP contribution in [0.25, 0.3) is 0 Å². The molecule has 1 heterocycles. The highest BCUT2D eigenvalue weighted by atomic mass is 16.6. The lowest BCUT2D eigenvalue weighted by Crippen LogP contribution is -2.37. The number of carbonyl (C=O) groups excluding carboxylic acids is 1. The predicted octanol–water partition coefficient (Wildman–Crippen LogP) is 0.00380. The van der Waals surface area contributed by atoms with Crippen molar-refractivity contribution in [2.75, 3.05) is 0 Å². The molecular formula is C8H7N3O3. The van der Waals surface area contributed by atoms with E-state index in [1.807, 2.05) is 0 Å². The number of nitrogens with one attached hydrogen (secondary N) is 1. The number of amides is 1. The van der Waals surface area contributed by atoms with Gasteiger partial charge in [0.25, 0.3) is 11.6 Å². The van der Waals surface area contributed by atoms with Crippen molar-refractivity contribution in [3.8, 4) is 0 Å². The summed E-state index contributed by atoms with van der Waals surface area (Å²) in [6.07, 6.45) is 4.82. The number of hydrogen-bond acceptors (Lipinski definition) is 4. The molecule has 0 bridgehead atoms. The van der Waals surface area contributed by atoms with E-state index >= 15 is 0 Å². The van der Waals surface area contributed by atoms with Gasteiger partial charge in [0, 0.05) is 6.08 Å². The first-order chi connectivity index (χ1) is 6.68. The Morgan fingerprint density at radius 2 is 2.43 bits per heavy atom. The molecule has 0 spiro atoms. The van der Waals surface area contributed by atoms with Crippen molar-refractivity contribution in [3.05, 3.63) is 33.7 Å². The first kappa shape index (κ1) is 8.61. The van der Waals surface area contributed by atoms with Gasteiger partial charge in [-0.05, 0) is 6.42 Å². The second-order valence-electron chi connectivity index (χ2n) is 2.98. The second kappa shape index (κ2) is 3.06. The quantitative estimate of drug-likeness (QED) is 0.470. The third-order valence-electron chi connectivity index (χ3n) is 2.07. The van der Waals surface area contributed by atoms with Gasteiger partial charge < -0.3 is 5.32 Å². The molecule has 2 rings (SSSR count). The number of fused-ring (bicyclic) bond motifs is 1. The molecule has 6 nitrogen and oxygen atoms in total. The fraction of sp³-hybridized carbons (Fsp3) is 0.250. The van der Waals surface area contributed by atoms with Crippen LogP contribution < -0.4 is 5.32 Å². The molecule has 1 amide bonds. The lowest BCUT2D eigenvalue weighted by atomic mass is 10.0. The summed E-state index contributed by atoms with van der Waals surface area (Å²) in [7, 11) is 0. The molecule has 1 atom stereocenters. The number of aliphatic imine (C=N–C) groups is 1. The van der Waals surface area contributed by atoms with Crippen LogP contribution in [0.3, 0.4) is 0 Å². The van der Waals surface area contributed by atoms with Crippen molar-refractivity contribution in [1.82, 2.24) is 5.32 Å². The number of allylic oxidation sites excluding steroid dienone is 1. The van der Waals surface area contributed by atoms with Crippen LogP contribution in [0, 0.1) is 10.1 Å². The van der Waals surface area contributed by atoms with Crippen LogP contribution in [-0.4, -0.2) is 23.1 Å². The molecule has 0 fully saturated rings. The first-order valence-electron chi connectivity index (χ1n) is 4.08. The monoisotopic (exact) mass is 193 g/mol. The molecule has 1 aliphatic heterocycles. The van der Waals surface area contributed by atoms with E-state index in [1.54, 1.807) is 6.08 Å². The Balaban J connectivity index is 2.46. The highest BCUT2D eigenvalue weighted by Gasteiger charge is 2.29. The van der Waals surface area contributed by atoms with Crippen LogP contribution in [0.1, 0.15) is 6.42 Å². The molecule has 2 aliphatic rings. The van der Waals surface area contributed by atoms with E-state index in [0.29, 0.717) is 12.1 Å². The molecule has 0 radical (unpaired) electrons. The second-order valence-corrected chi connectivity index (χ2v) is 2.98. The molecule has 1 unspecified atom stereocenters. The van der Waals surface area contributed by atoms with Gasteiger partial charge in [0.15, 0.2) is 0 Å². The van der Waals surface area contributed by atoms with Crippen molar-refractivity contribution >= 4 is 12.1 Å². The smallest absolute Gasteiger partial charge is 0.290 e. The van der Waals surface area contributed by atoms with Crippen LogP contribution in [0.4, 0.5) is 0 Å². The highest BCUT2D eigenvalue weighted by molar-refractivity contribution is 6.27. The molecule has 0 aromatic rings. The predicted molar refractivity (Wildman–Crippen MR) is 48.2 cm³/mol. The number of nitro groups is 1. The van der Waals surface area contributed by atoms with E-state index in [4.69, 9.17) is 0 Å². The molecule has 1 N–H and O–H groups in total. The molecule has 14 heavy (non-hydrogen) atoms. The Bertz CT molecular complexity index is 395. The highest BCUT2D eigenvalue weighted by Crippen LogP contribution is 2.21.